The van der Waals surface area contributed by atoms with Crippen molar-refractivity contribution in [3.05, 3.63) is 29.8 Å². The van der Waals surface area contributed by atoms with Crippen LogP contribution in [0.5, 0.6) is 0 Å². The Morgan fingerprint density at radius 1 is 1.03 bits per heavy atom. The lowest BCUT2D eigenvalue weighted by Crippen LogP contribution is -2.57. The van der Waals surface area contributed by atoms with Crippen molar-refractivity contribution in [2.75, 3.05) is 52.1 Å². The number of hydrogen-bond donors (Lipinski definition) is 1. The molecule has 3 rings (SSSR count). The number of rotatable bonds is 6. The molecule has 2 aliphatic rings. The number of carbonyl (C=O) groups excluding carboxylic acids is 1. The predicted octanol–water partition coefficient (Wildman–Crippen LogP) is 1.18. The first-order valence-corrected chi connectivity index (χ1v) is 13.0. The number of nitrogens with zero attached hydrogens (tertiary/aromatic N) is 4. The minimum Gasteiger partial charge on any atom is -0.357 e. The molecule has 1 aromatic rings. The van der Waals surface area contributed by atoms with Gasteiger partial charge in [0.25, 0.3) is 0 Å². The SMILES string of the molecule is CCNC(=NCc1ccc(S(C)(=O)=O)cc1)N1CCN(C(C)C(=O)N2CCCC2)CC1. The molecule has 0 spiro atoms. The monoisotopic (exact) mass is 449 g/mol. The number of benzene rings is 1. The first-order valence-electron chi connectivity index (χ1n) is 11.1. The average Bonchev–Trinajstić information content (AvgIpc) is 3.30. The summed E-state index contributed by atoms with van der Waals surface area (Å²) in [6, 6.07) is 6.81. The van der Waals surface area contributed by atoms with Gasteiger partial charge in [-0.2, -0.15) is 0 Å². The summed E-state index contributed by atoms with van der Waals surface area (Å²) in [6.45, 7) is 10.4. The number of sulfone groups is 1. The summed E-state index contributed by atoms with van der Waals surface area (Å²) >= 11 is 0. The van der Waals surface area contributed by atoms with Crippen molar-refractivity contribution in [3.63, 3.8) is 0 Å². The largest absolute Gasteiger partial charge is 0.357 e. The van der Waals surface area contributed by atoms with Gasteiger partial charge in [0.05, 0.1) is 17.5 Å². The zero-order valence-corrected chi connectivity index (χ0v) is 19.7. The number of carbonyl (C=O) groups is 1. The molecular formula is C22H35N5O3S. The molecule has 0 aromatic heterocycles. The van der Waals surface area contributed by atoms with Gasteiger partial charge in [0.2, 0.25) is 5.91 Å². The van der Waals surface area contributed by atoms with Crippen LogP contribution in [0.25, 0.3) is 0 Å². The van der Waals surface area contributed by atoms with Crippen molar-refractivity contribution in [2.24, 2.45) is 4.99 Å². The molecule has 2 fully saturated rings. The molecule has 8 nitrogen and oxygen atoms in total. The van der Waals surface area contributed by atoms with E-state index in [0.29, 0.717) is 11.4 Å². The van der Waals surface area contributed by atoms with Crippen LogP contribution in [0.1, 0.15) is 32.3 Å². The quantitative estimate of drug-likeness (QED) is 0.519. The molecule has 2 saturated heterocycles. The molecule has 0 saturated carbocycles. The first-order chi connectivity index (χ1) is 14.8. The third-order valence-electron chi connectivity index (χ3n) is 6.03. The Kier molecular flexibility index (Phi) is 7.94. The highest BCUT2D eigenvalue weighted by Crippen LogP contribution is 2.15. The van der Waals surface area contributed by atoms with Gasteiger partial charge >= 0.3 is 0 Å². The van der Waals surface area contributed by atoms with E-state index in [1.165, 1.54) is 6.26 Å². The smallest absolute Gasteiger partial charge is 0.239 e. The maximum atomic E-state index is 12.7. The fraction of sp³-hybridized carbons (Fsp3) is 0.636. The van der Waals surface area contributed by atoms with Crippen molar-refractivity contribution in [2.45, 2.75) is 44.2 Å². The van der Waals surface area contributed by atoms with E-state index in [4.69, 9.17) is 4.99 Å². The van der Waals surface area contributed by atoms with Crippen LogP contribution in [0, 0.1) is 0 Å². The van der Waals surface area contributed by atoms with E-state index in [9.17, 15) is 13.2 Å². The van der Waals surface area contributed by atoms with Gasteiger partial charge in [-0.15, -0.1) is 0 Å². The predicted molar refractivity (Wildman–Crippen MR) is 123 cm³/mol. The number of hydrogen-bond acceptors (Lipinski definition) is 5. The van der Waals surface area contributed by atoms with Crippen molar-refractivity contribution in [3.8, 4) is 0 Å². The number of aliphatic imine (C=N–C) groups is 1. The Bertz CT molecular complexity index is 871. The number of piperazine rings is 1. The molecule has 1 amide bonds. The van der Waals surface area contributed by atoms with Gasteiger partial charge in [-0.1, -0.05) is 12.1 Å². The summed E-state index contributed by atoms with van der Waals surface area (Å²) in [7, 11) is -3.19. The second-order valence-electron chi connectivity index (χ2n) is 8.32. The van der Waals surface area contributed by atoms with Gasteiger partial charge in [-0.25, -0.2) is 13.4 Å². The van der Waals surface area contributed by atoms with E-state index in [1.54, 1.807) is 12.1 Å². The van der Waals surface area contributed by atoms with Gasteiger partial charge in [0, 0.05) is 52.1 Å². The van der Waals surface area contributed by atoms with E-state index in [1.807, 2.05) is 30.9 Å². The minimum absolute atomic E-state index is 0.0758. The fourth-order valence-corrected chi connectivity index (χ4v) is 4.74. The number of likely N-dealkylation sites (tertiary alicyclic amines) is 1. The second-order valence-corrected chi connectivity index (χ2v) is 10.3. The van der Waals surface area contributed by atoms with Crippen LogP contribution in [0.3, 0.4) is 0 Å². The standard InChI is InChI=1S/C22H35N5O3S/c1-4-23-22(24-17-19-7-9-20(10-8-19)31(3,29)30)27-15-13-25(14-16-27)18(2)21(28)26-11-5-6-12-26/h7-10,18H,4-6,11-17H2,1-3H3,(H,23,24). The molecule has 1 aromatic carbocycles. The van der Waals surface area contributed by atoms with Gasteiger partial charge in [-0.05, 0) is 44.4 Å². The summed E-state index contributed by atoms with van der Waals surface area (Å²) in [4.78, 5) is 24.3. The Labute approximate surface area is 186 Å². The molecule has 1 unspecified atom stereocenters. The van der Waals surface area contributed by atoms with Gasteiger partial charge in [0.15, 0.2) is 15.8 Å². The normalized spacial score (nSPS) is 19.5. The van der Waals surface area contributed by atoms with Crippen LogP contribution >= 0.6 is 0 Å². The third kappa shape index (κ3) is 6.20. The van der Waals surface area contributed by atoms with Crippen molar-refractivity contribution >= 4 is 21.7 Å². The number of guanidine groups is 1. The van der Waals surface area contributed by atoms with Crippen LogP contribution in [-0.2, 0) is 21.2 Å². The number of amides is 1. The van der Waals surface area contributed by atoms with Gasteiger partial charge in [-0.3, -0.25) is 9.69 Å². The highest BCUT2D eigenvalue weighted by atomic mass is 32.2. The van der Waals surface area contributed by atoms with E-state index < -0.39 is 9.84 Å². The van der Waals surface area contributed by atoms with Gasteiger partial charge < -0.3 is 15.1 Å². The molecule has 2 aliphatic heterocycles. The zero-order chi connectivity index (χ0) is 22.4. The van der Waals surface area contributed by atoms with Crippen molar-refractivity contribution in [1.29, 1.82) is 0 Å². The van der Waals surface area contributed by atoms with Crippen LogP contribution in [0.4, 0.5) is 0 Å². The zero-order valence-electron chi connectivity index (χ0n) is 18.9. The molecule has 172 valence electrons. The molecule has 0 bridgehead atoms. The summed E-state index contributed by atoms with van der Waals surface area (Å²) in [5.41, 5.74) is 0.964. The summed E-state index contributed by atoms with van der Waals surface area (Å²) < 4.78 is 23.2. The molecule has 0 aliphatic carbocycles. The van der Waals surface area contributed by atoms with Crippen molar-refractivity contribution in [1.82, 2.24) is 20.0 Å². The molecule has 0 radical (unpaired) electrons. The highest BCUT2D eigenvalue weighted by molar-refractivity contribution is 7.90. The minimum atomic E-state index is -3.19. The van der Waals surface area contributed by atoms with E-state index in [-0.39, 0.29) is 11.9 Å². The molecule has 1 atom stereocenters. The molecule has 9 heteroatoms. The van der Waals surface area contributed by atoms with E-state index in [0.717, 1.165) is 70.2 Å². The molecule has 1 N–H and O–H groups in total. The maximum Gasteiger partial charge on any atom is 0.239 e. The van der Waals surface area contributed by atoms with E-state index >= 15 is 0 Å². The van der Waals surface area contributed by atoms with E-state index in [2.05, 4.69) is 15.1 Å². The Hall–Kier alpha value is -2.13. The first kappa shape index (κ1) is 23.5. The molecule has 31 heavy (non-hydrogen) atoms. The number of nitrogens with one attached hydrogen (secondary N) is 1. The lowest BCUT2D eigenvalue weighted by Gasteiger charge is -2.39. The highest BCUT2D eigenvalue weighted by Gasteiger charge is 2.30. The van der Waals surface area contributed by atoms with Crippen LogP contribution < -0.4 is 5.32 Å². The Morgan fingerprint density at radius 3 is 2.19 bits per heavy atom. The molecular weight excluding hydrogens is 414 g/mol. The maximum absolute atomic E-state index is 12.7. The van der Waals surface area contributed by atoms with Crippen molar-refractivity contribution < 1.29 is 13.2 Å². The molecule has 2 heterocycles. The topological polar surface area (TPSA) is 85.3 Å². The Morgan fingerprint density at radius 2 is 1.65 bits per heavy atom. The van der Waals surface area contributed by atoms with Crippen LogP contribution in [0.2, 0.25) is 0 Å². The summed E-state index contributed by atoms with van der Waals surface area (Å²) in [5.74, 6) is 1.11. The van der Waals surface area contributed by atoms with Crippen LogP contribution in [-0.4, -0.2) is 93.1 Å². The average molecular weight is 450 g/mol. The summed E-state index contributed by atoms with van der Waals surface area (Å²) in [5, 5.41) is 3.36. The fourth-order valence-electron chi connectivity index (χ4n) is 4.11. The lowest BCUT2D eigenvalue weighted by atomic mass is 10.2. The lowest BCUT2D eigenvalue weighted by molar-refractivity contribution is -0.135. The second kappa shape index (κ2) is 10.5. The third-order valence-corrected chi connectivity index (χ3v) is 7.16. The Balaban J connectivity index is 1.57. The summed E-state index contributed by atoms with van der Waals surface area (Å²) in [6.07, 6.45) is 3.44. The van der Waals surface area contributed by atoms with Crippen LogP contribution in [0.15, 0.2) is 34.2 Å². The van der Waals surface area contributed by atoms with Gasteiger partial charge in [0.1, 0.15) is 0 Å².